The summed E-state index contributed by atoms with van der Waals surface area (Å²) in [6.07, 6.45) is 4.06. The lowest BCUT2D eigenvalue weighted by molar-refractivity contribution is 0.159. The number of rotatable bonds is 3. The number of nitrogens with one attached hydrogen (secondary N) is 1. The molecular formula is C15H25N3S. The van der Waals surface area contributed by atoms with Crippen molar-refractivity contribution < 1.29 is 0 Å². The minimum atomic E-state index is 0.317. The fraction of sp³-hybridized carbons (Fsp3) is 0.800. The van der Waals surface area contributed by atoms with Gasteiger partial charge in [-0.3, -0.25) is 4.90 Å². The molecule has 2 fully saturated rings. The molecule has 0 spiro atoms. The minimum absolute atomic E-state index is 0.317. The maximum atomic E-state index is 4.68. The summed E-state index contributed by atoms with van der Waals surface area (Å²) in [6, 6.07) is 0.455. The van der Waals surface area contributed by atoms with Crippen molar-refractivity contribution in [1.29, 1.82) is 0 Å². The number of hydrogen-bond acceptors (Lipinski definition) is 4. The highest BCUT2D eigenvalue weighted by Crippen LogP contribution is 2.41. The van der Waals surface area contributed by atoms with Gasteiger partial charge >= 0.3 is 0 Å². The monoisotopic (exact) mass is 279 g/mol. The molecule has 1 aromatic rings. The number of nitrogens with zero attached hydrogens (tertiary/aromatic N) is 2. The van der Waals surface area contributed by atoms with E-state index in [2.05, 4.69) is 41.4 Å². The first kappa shape index (κ1) is 13.5. The van der Waals surface area contributed by atoms with Crippen LogP contribution in [0.1, 0.15) is 49.9 Å². The van der Waals surface area contributed by atoms with Gasteiger partial charge in [-0.25, -0.2) is 4.98 Å². The summed E-state index contributed by atoms with van der Waals surface area (Å²) in [5.74, 6) is 0.887. The van der Waals surface area contributed by atoms with Crippen molar-refractivity contribution in [3.63, 3.8) is 0 Å². The average Bonchev–Trinajstić information content (AvgIpc) is 3.17. The second-order valence-corrected chi connectivity index (χ2v) is 7.34. The molecule has 0 radical (unpaired) electrons. The predicted octanol–water partition coefficient (Wildman–Crippen LogP) is 2.98. The Morgan fingerprint density at radius 2 is 2.32 bits per heavy atom. The summed E-state index contributed by atoms with van der Waals surface area (Å²) in [4.78, 5) is 7.32. The van der Waals surface area contributed by atoms with Gasteiger partial charge in [0.2, 0.25) is 0 Å². The van der Waals surface area contributed by atoms with Crippen molar-refractivity contribution in [3.05, 3.63) is 16.1 Å². The molecule has 19 heavy (non-hydrogen) atoms. The SMILES string of the molecule is Cc1csc(C(C)N2CCCNC(C)(C3CC3)C2)n1. The predicted molar refractivity (Wildman–Crippen MR) is 80.6 cm³/mol. The molecule has 1 aliphatic carbocycles. The lowest BCUT2D eigenvalue weighted by Crippen LogP contribution is -2.51. The van der Waals surface area contributed by atoms with Crippen LogP contribution in [0.25, 0.3) is 0 Å². The van der Waals surface area contributed by atoms with Crippen molar-refractivity contribution in [2.45, 2.75) is 51.6 Å². The zero-order valence-corrected chi connectivity index (χ0v) is 13.1. The van der Waals surface area contributed by atoms with Crippen LogP contribution >= 0.6 is 11.3 Å². The molecule has 1 saturated heterocycles. The smallest absolute Gasteiger partial charge is 0.110 e. The Morgan fingerprint density at radius 1 is 1.53 bits per heavy atom. The summed E-state index contributed by atoms with van der Waals surface area (Å²) >= 11 is 1.81. The zero-order chi connectivity index (χ0) is 13.5. The molecule has 2 aliphatic rings. The molecule has 2 heterocycles. The van der Waals surface area contributed by atoms with Gasteiger partial charge < -0.3 is 5.32 Å². The molecule has 0 amide bonds. The number of aryl methyl sites for hydroxylation is 1. The van der Waals surface area contributed by atoms with Gasteiger partial charge in [-0.15, -0.1) is 11.3 Å². The zero-order valence-electron chi connectivity index (χ0n) is 12.3. The third-order valence-corrected chi connectivity index (χ3v) is 5.84. The Labute approximate surface area is 120 Å². The molecule has 2 unspecified atom stereocenters. The second kappa shape index (κ2) is 5.15. The molecule has 1 N–H and O–H groups in total. The van der Waals surface area contributed by atoms with Gasteiger partial charge in [-0.1, -0.05) is 0 Å². The Kier molecular flexibility index (Phi) is 3.67. The fourth-order valence-electron chi connectivity index (χ4n) is 3.26. The maximum absolute atomic E-state index is 4.68. The Hall–Kier alpha value is -0.450. The molecule has 1 aromatic heterocycles. The van der Waals surface area contributed by atoms with Gasteiger partial charge in [0.1, 0.15) is 5.01 Å². The first-order chi connectivity index (χ1) is 9.08. The van der Waals surface area contributed by atoms with E-state index in [0.717, 1.165) is 24.7 Å². The highest BCUT2D eigenvalue weighted by Gasteiger charge is 2.43. The summed E-state index contributed by atoms with van der Waals surface area (Å²) in [7, 11) is 0. The van der Waals surface area contributed by atoms with Crippen LogP contribution in [0.3, 0.4) is 0 Å². The van der Waals surface area contributed by atoms with Crippen LogP contribution in [0.2, 0.25) is 0 Å². The average molecular weight is 279 g/mol. The highest BCUT2D eigenvalue weighted by atomic mass is 32.1. The molecule has 4 heteroatoms. The maximum Gasteiger partial charge on any atom is 0.110 e. The van der Waals surface area contributed by atoms with Gasteiger partial charge in [-0.05, 0) is 52.5 Å². The largest absolute Gasteiger partial charge is 0.310 e. The number of aromatic nitrogens is 1. The van der Waals surface area contributed by atoms with Crippen molar-refractivity contribution in [1.82, 2.24) is 15.2 Å². The van der Waals surface area contributed by atoms with Gasteiger partial charge in [0.05, 0.1) is 6.04 Å². The number of hydrogen-bond donors (Lipinski definition) is 1. The Bertz CT molecular complexity index is 440. The van der Waals surface area contributed by atoms with Gasteiger partial charge in [0, 0.05) is 29.7 Å². The fourth-order valence-corrected chi connectivity index (χ4v) is 4.14. The van der Waals surface area contributed by atoms with Crippen LogP contribution in [0.15, 0.2) is 5.38 Å². The molecule has 3 nitrogen and oxygen atoms in total. The molecular weight excluding hydrogens is 254 g/mol. The topological polar surface area (TPSA) is 28.2 Å². The van der Waals surface area contributed by atoms with E-state index in [9.17, 15) is 0 Å². The molecule has 106 valence electrons. The minimum Gasteiger partial charge on any atom is -0.310 e. The van der Waals surface area contributed by atoms with Crippen LogP contribution in [0.5, 0.6) is 0 Å². The highest BCUT2D eigenvalue weighted by molar-refractivity contribution is 7.09. The van der Waals surface area contributed by atoms with Crippen molar-refractivity contribution in [2.75, 3.05) is 19.6 Å². The van der Waals surface area contributed by atoms with E-state index in [1.807, 2.05) is 11.3 Å². The first-order valence-electron chi connectivity index (χ1n) is 7.49. The molecule has 1 aliphatic heterocycles. The van der Waals surface area contributed by atoms with E-state index in [1.165, 1.54) is 30.8 Å². The molecule has 3 rings (SSSR count). The quantitative estimate of drug-likeness (QED) is 0.922. The third kappa shape index (κ3) is 2.86. The van der Waals surface area contributed by atoms with Gasteiger partial charge in [-0.2, -0.15) is 0 Å². The summed E-state index contributed by atoms with van der Waals surface area (Å²) < 4.78 is 0. The van der Waals surface area contributed by atoms with Crippen molar-refractivity contribution in [2.24, 2.45) is 5.92 Å². The van der Waals surface area contributed by atoms with Crippen LogP contribution < -0.4 is 5.32 Å². The van der Waals surface area contributed by atoms with Crippen molar-refractivity contribution in [3.8, 4) is 0 Å². The summed E-state index contributed by atoms with van der Waals surface area (Å²) in [6.45, 7) is 10.3. The Balaban J connectivity index is 1.75. The van der Waals surface area contributed by atoms with E-state index < -0.39 is 0 Å². The van der Waals surface area contributed by atoms with E-state index >= 15 is 0 Å². The molecule has 0 aromatic carbocycles. The standard InChI is InChI=1S/C15H25N3S/c1-11-9-19-14(17-11)12(2)18-8-4-7-16-15(3,10-18)13-5-6-13/h9,12-13,16H,4-8,10H2,1-3H3. The van der Waals surface area contributed by atoms with E-state index in [-0.39, 0.29) is 0 Å². The first-order valence-corrected chi connectivity index (χ1v) is 8.37. The Morgan fingerprint density at radius 3 is 2.95 bits per heavy atom. The lowest BCUT2D eigenvalue weighted by Gasteiger charge is -2.36. The summed E-state index contributed by atoms with van der Waals surface area (Å²) in [5.41, 5.74) is 1.47. The van der Waals surface area contributed by atoms with Crippen LogP contribution in [0.4, 0.5) is 0 Å². The van der Waals surface area contributed by atoms with Crippen molar-refractivity contribution >= 4 is 11.3 Å². The normalized spacial score (nSPS) is 31.1. The summed E-state index contributed by atoms with van der Waals surface area (Å²) in [5, 5.41) is 7.25. The van der Waals surface area contributed by atoms with Crippen LogP contribution in [0, 0.1) is 12.8 Å². The number of thiazole rings is 1. The van der Waals surface area contributed by atoms with Crippen LogP contribution in [-0.4, -0.2) is 35.1 Å². The second-order valence-electron chi connectivity index (χ2n) is 6.45. The van der Waals surface area contributed by atoms with Crippen LogP contribution in [-0.2, 0) is 0 Å². The molecule has 0 bridgehead atoms. The lowest BCUT2D eigenvalue weighted by atomic mass is 9.95. The van der Waals surface area contributed by atoms with E-state index in [4.69, 9.17) is 0 Å². The van der Waals surface area contributed by atoms with E-state index in [0.29, 0.717) is 11.6 Å². The van der Waals surface area contributed by atoms with E-state index in [1.54, 1.807) is 0 Å². The van der Waals surface area contributed by atoms with Gasteiger partial charge in [0.15, 0.2) is 0 Å². The molecule has 2 atom stereocenters. The molecule has 1 saturated carbocycles. The van der Waals surface area contributed by atoms with Gasteiger partial charge in [0.25, 0.3) is 0 Å². The third-order valence-electron chi connectivity index (χ3n) is 4.70.